The maximum Gasteiger partial charge on any atom is 0.356 e. The topological polar surface area (TPSA) is 270 Å². The molecule has 2 saturated heterocycles. The van der Waals surface area contributed by atoms with E-state index >= 15 is 4.39 Å². The highest BCUT2D eigenvalue weighted by Crippen LogP contribution is 2.42. The second-order valence-electron chi connectivity index (χ2n) is 10.3. The van der Waals surface area contributed by atoms with Gasteiger partial charge < -0.3 is 50.7 Å². The van der Waals surface area contributed by atoms with Crippen molar-refractivity contribution in [2.75, 3.05) is 0 Å². The van der Waals surface area contributed by atoms with E-state index in [1.807, 2.05) is 5.32 Å². The first-order valence-corrected chi connectivity index (χ1v) is 12.5. The van der Waals surface area contributed by atoms with Gasteiger partial charge in [-0.15, -0.1) is 0 Å². The third kappa shape index (κ3) is 4.83. The number of rotatable bonds is 6. The van der Waals surface area contributed by atoms with Crippen molar-refractivity contribution in [2.24, 2.45) is 0 Å². The van der Waals surface area contributed by atoms with Gasteiger partial charge in [0.05, 0.1) is 6.54 Å². The van der Waals surface area contributed by atoms with Crippen molar-refractivity contribution in [3.63, 3.8) is 0 Å². The summed E-state index contributed by atoms with van der Waals surface area (Å²) < 4.78 is 24.5. The van der Waals surface area contributed by atoms with Crippen LogP contribution >= 0.6 is 0 Å². The summed E-state index contributed by atoms with van der Waals surface area (Å²) >= 11 is 0. The van der Waals surface area contributed by atoms with E-state index in [1.165, 1.54) is 18.2 Å². The van der Waals surface area contributed by atoms with E-state index < -0.39 is 66.2 Å². The minimum atomic E-state index is -4.15. The standard InChI is InChI=1S/C25H26FN3O14/c26-16-8-12(9-29-22(34,35)24(38,39)43-25(40,41)23(29,36)37)4-5-13(16)11-42-17-3-1-2-14-15(17)10-28(19(14)31)21(33)7-6-18(30)27-20(21)32/h1-5,8,33-41H,6-7,9-11H2,(H,27,30,32). The lowest BCUT2D eigenvalue weighted by Crippen LogP contribution is -2.83. The number of halogens is 1. The van der Waals surface area contributed by atoms with Gasteiger partial charge in [-0.2, -0.15) is 4.90 Å². The quantitative estimate of drug-likeness (QED) is 0.110. The Hall–Kier alpha value is -3.66. The van der Waals surface area contributed by atoms with Gasteiger partial charge >= 0.3 is 23.8 Å². The largest absolute Gasteiger partial charge is 0.488 e. The number of aliphatic hydroxyl groups is 9. The van der Waals surface area contributed by atoms with Crippen LogP contribution in [0.4, 0.5) is 4.39 Å². The number of amides is 3. The van der Waals surface area contributed by atoms with Crippen molar-refractivity contribution in [3.05, 3.63) is 64.5 Å². The van der Waals surface area contributed by atoms with Crippen LogP contribution in [0, 0.1) is 5.82 Å². The van der Waals surface area contributed by atoms with Gasteiger partial charge in [0.1, 0.15) is 18.2 Å². The molecule has 0 spiro atoms. The van der Waals surface area contributed by atoms with Crippen molar-refractivity contribution in [2.45, 2.75) is 62.0 Å². The molecule has 2 aromatic carbocycles. The van der Waals surface area contributed by atoms with Gasteiger partial charge in [-0.05, 0) is 23.8 Å². The molecule has 3 aliphatic heterocycles. The average Bonchev–Trinajstić information content (AvgIpc) is 3.25. The lowest BCUT2D eigenvalue weighted by molar-refractivity contribution is -0.659. The van der Waals surface area contributed by atoms with Crippen LogP contribution in [0.1, 0.15) is 39.9 Å². The Bertz CT molecular complexity index is 1490. The van der Waals surface area contributed by atoms with Crippen molar-refractivity contribution in [1.29, 1.82) is 0 Å². The maximum atomic E-state index is 15.0. The molecule has 2 fully saturated rings. The number of imide groups is 1. The van der Waals surface area contributed by atoms with Gasteiger partial charge in [0.25, 0.3) is 11.8 Å². The molecule has 17 nitrogen and oxygen atoms in total. The molecule has 3 heterocycles. The molecular formula is C25H26FN3O14. The zero-order valence-electron chi connectivity index (χ0n) is 21.8. The van der Waals surface area contributed by atoms with Crippen molar-refractivity contribution in [1.82, 2.24) is 15.1 Å². The Morgan fingerprint density at radius 2 is 1.58 bits per heavy atom. The van der Waals surface area contributed by atoms with Crippen molar-refractivity contribution >= 4 is 17.7 Å². The van der Waals surface area contributed by atoms with Crippen molar-refractivity contribution in [3.8, 4) is 5.75 Å². The minimum Gasteiger partial charge on any atom is -0.488 e. The summed E-state index contributed by atoms with van der Waals surface area (Å²) in [6, 6.07) is 7.41. The number of hydrogen-bond acceptors (Lipinski definition) is 15. The number of nitrogens with one attached hydrogen (secondary N) is 1. The molecule has 1 atom stereocenters. The van der Waals surface area contributed by atoms with E-state index in [2.05, 4.69) is 4.74 Å². The van der Waals surface area contributed by atoms with E-state index in [9.17, 15) is 60.3 Å². The van der Waals surface area contributed by atoms with Crippen LogP contribution in [0.2, 0.25) is 0 Å². The summed E-state index contributed by atoms with van der Waals surface area (Å²) in [6.45, 7) is -1.81. The van der Waals surface area contributed by atoms with Crippen LogP contribution in [0.5, 0.6) is 5.75 Å². The molecule has 43 heavy (non-hydrogen) atoms. The first kappa shape index (κ1) is 30.8. The molecule has 232 valence electrons. The van der Waals surface area contributed by atoms with Gasteiger partial charge in [0, 0.05) is 36.1 Å². The summed E-state index contributed by atoms with van der Waals surface area (Å²) in [4.78, 5) is 37.4. The van der Waals surface area contributed by atoms with Crippen molar-refractivity contribution < 1.29 is 74.2 Å². The number of fused-ring (bicyclic) bond motifs is 1. The zero-order chi connectivity index (χ0) is 31.8. The normalized spacial score (nSPS) is 25.8. The van der Waals surface area contributed by atoms with Gasteiger partial charge in [0.2, 0.25) is 11.6 Å². The SMILES string of the molecule is O=C1CCC(O)(N2Cc3c(OCc4ccc(CN5C(O)(O)C(O)(O)OC(O)(O)C5(O)O)cc4F)cccc3C2=O)C(=O)N1. The van der Waals surface area contributed by atoms with E-state index in [1.54, 1.807) is 0 Å². The molecule has 3 amide bonds. The summed E-state index contributed by atoms with van der Waals surface area (Å²) in [5.74, 6) is -19.6. The van der Waals surface area contributed by atoms with Crippen LogP contribution in [0.15, 0.2) is 36.4 Å². The molecule has 2 aromatic rings. The zero-order valence-corrected chi connectivity index (χ0v) is 21.8. The number of ether oxygens (including phenoxy) is 2. The molecule has 0 saturated carbocycles. The van der Waals surface area contributed by atoms with Gasteiger partial charge in [-0.3, -0.25) is 29.3 Å². The molecular weight excluding hydrogens is 585 g/mol. The number of carbonyl (C=O) groups excluding carboxylic acids is 3. The highest BCUT2D eigenvalue weighted by molar-refractivity contribution is 6.06. The number of morpholine rings is 1. The van der Waals surface area contributed by atoms with E-state index in [0.29, 0.717) is 0 Å². The maximum absolute atomic E-state index is 15.0. The van der Waals surface area contributed by atoms with E-state index in [4.69, 9.17) is 4.74 Å². The third-order valence-electron chi connectivity index (χ3n) is 7.44. The smallest absolute Gasteiger partial charge is 0.356 e. The Balaban J connectivity index is 1.33. The Morgan fingerprint density at radius 1 is 0.930 bits per heavy atom. The number of hydrogen-bond donors (Lipinski definition) is 10. The van der Waals surface area contributed by atoms with Gasteiger partial charge in [-0.1, -0.05) is 18.2 Å². The summed E-state index contributed by atoms with van der Waals surface area (Å²) in [5, 5.41) is 92.0. The fourth-order valence-corrected chi connectivity index (χ4v) is 4.96. The first-order chi connectivity index (χ1) is 19.8. The molecule has 18 heteroatoms. The predicted molar refractivity (Wildman–Crippen MR) is 130 cm³/mol. The second-order valence-corrected chi connectivity index (χ2v) is 10.3. The Kier molecular flexibility index (Phi) is 7.12. The van der Waals surface area contributed by atoms with Crippen LogP contribution in [0.3, 0.4) is 0 Å². The molecule has 5 rings (SSSR count). The van der Waals surface area contributed by atoms with Gasteiger partial charge in [0.15, 0.2) is 0 Å². The number of piperidine rings is 1. The Labute approximate surface area is 239 Å². The minimum absolute atomic E-state index is 0.0934. The predicted octanol–water partition coefficient (Wildman–Crippen LogP) is -4.13. The number of carbonyl (C=O) groups is 3. The molecule has 0 radical (unpaired) electrons. The van der Waals surface area contributed by atoms with Crippen LogP contribution < -0.4 is 10.1 Å². The highest BCUT2D eigenvalue weighted by Gasteiger charge is 2.74. The van der Waals surface area contributed by atoms with Crippen LogP contribution in [-0.4, -0.2) is 103 Å². The third-order valence-corrected chi connectivity index (χ3v) is 7.44. The summed E-state index contributed by atoms with van der Waals surface area (Å²) in [5.41, 5.74) is -2.23. The van der Waals surface area contributed by atoms with Crippen LogP contribution in [-0.2, 0) is 34.0 Å². The fourth-order valence-electron chi connectivity index (χ4n) is 4.96. The highest BCUT2D eigenvalue weighted by atomic mass is 19.1. The van der Waals surface area contributed by atoms with Gasteiger partial charge in [-0.25, -0.2) is 4.39 Å². The average molecular weight is 611 g/mol. The Morgan fingerprint density at radius 3 is 2.19 bits per heavy atom. The first-order valence-electron chi connectivity index (χ1n) is 12.5. The molecule has 0 aliphatic carbocycles. The summed E-state index contributed by atoms with van der Waals surface area (Å²) in [6.07, 6.45) is -0.504. The molecule has 1 unspecified atom stereocenters. The van der Waals surface area contributed by atoms with E-state index in [0.717, 1.165) is 23.1 Å². The fraction of sp³-hybridized carbons (Fsp3) is 0.400. The van der Waals surface area contributed by atoms with Crippen LogP contribution in [0.25, 0.3) is 0 Å². The lowest BCUT2D eigenvalue weighted by Gasteiger charge is -2.55. The lowest BCUT2D eigenvalue weighted by atomic mass is 10.00. The molecule has 0 bridgehead atoms. The second kappa shape index (κ2) is 9.94. The molecule has 10 N–H and O–H groups in total. The molecule has 3 aliphatic rings. The molecule has 0 aromatic heterocycles. The number of nitrogens with zero attached hydrogens (tertiary/aromatic N) is 2. The summed E-state index contributed by atoms with van der Waals surface area (Å²) in [7, 11) is 0. The monoisotopic (exact) mass is 611 g/mol. The van der Waals surface area contributed by atoms with E-state index in [-0.39, 0.29) is 52.3 Å². The number of benzene rings is 2.